The molecule has 10 nitrogen and oxygen atoms in total. The Labute approximate surface area is 294 Å². The summed E-state index contributed by atoms with van der Waals surface area (Å²) in [5.74, 6) is -2.82. The minimum Gasteiger partial charge on any atom is -0.495 e. The molecule has 2 N–H and O–H groups in total. The SMILES string of the molecule is COc1ccc(C[C@H]2NC(=O)/C=C/C[C@@H]([C@H](C)[C@H]3OC3c3ccccc3)OC(=O)[C@H](CC(C)C)OC(=O)[C@H](C(C)(C)C)CNC2=O)cc1Cl. The van der Waals surface area contributed by atoms with Crippen molar-refractivity contribution in [3.8, 4) is 5.75 Å². The summed E-state index contributed by atoms with van der Waals surface area (Å²) in [6, 6.07) is 14.0. The monoisotopic (exact) mass is 696 g/mol. The molecule has 266 valence electrons. The molecule has 2 amide bonds. The van der Waals surface area contributed by atoms with E-state index < -0.39 is 53.3 Å². The van der Waals surface area contributed by atoms with Crippen LogP contribution in [0.15, 0.2) is 60.7 Å². The first kappa shape index (κ1) is 37.9. The number of methoxy groups -OCH3 is 1. The molecule has 0 radical (unpaired) electrons. The third kappa shape index (κ3) is 10.5. The number of carbonyl (C=O) groups is 4. The predicted octanol–water partition coefficient (Wildman–Crippen LogP) is 5.76. The van der Waals surface area contributed by atoms with Gasteiger partial charge in [0.15, 0.2) is 6.10 Å². The molecule has 1 saturated heterocycles. The number of amides is 2. The van der Waals surface area contributed by atoms with E-state index in [1.54, 1.807) is 24.3 Å². The maximum Gasteiger partial charge on any atom is 0.347 e. The van der Waals surface area contributed by atoms with Crippen LogP contribution >= 0.6 is 11.6 Å². The molecule has 0 bridgehead atoms. The topological polar surface area (TPSA) is 133 Å². The summed E-state index contributed by atoms with van der Waals surface area (Å²) in [4.78, 5) is 54.3. The fraction of sp³-hybridized carbons (Fsp3) is 0.526. The van der Waals surface area contributed by atoms with Crippen LogP contribution in [-0.4, -0.2) is 61.8 Å². The summed E-state index contributed by atoms with van der Waals surface area (Å²) >= 11 is 6.35. The summed E-state index contributed by atoms with van der Waals surface area (Å²) < 4.78 is 23.3. The highest BCUT2D eigenvalue weighted by Crippen LogP contribution is 2.45. The lowest BCUT2D eigenvalue weighted by molar-refractivity contribution is -0.178. The molecule has 1 unspecified atom stereocenters. The van der Waals surface area contributed by atoms with E-state index in [0.29, 0.717) is 16.3 Å². The van der Waals surface area contributed by atoms with Crippen LogP contribution in [0.2, 0.25) is 5.02 Å². The van der Waals surface area contributed by atoms with Crippen LogP contribution in [0.3, 0.4) is 0 Å². The second-order valence-corrected chi connectivity index (χ2v) is 14.8. The van der Waals surface area contributed by atoms with Gasteiger partial charge in [-0.3, -0.25) is 14.4 Å². The number of halogens is 1. The van der Waals surface area contributed by atoms with Gasteiger partial charge in [-0.15, -0.1) is 0 Å². The highest BCUT2D eigenvalue weighted by molar-refractivity contribution is 6.32. The minimum atomic E-state index is -1.15. The highest BCUT2D eigenvalue weighted by atomic mass is 35.5. The summed E-state index contributed by atoms with van der Waals surface area (Å²) in [5.41, 5.74) is 1.09. The molecule has 4 rings (SSSR count). The lowest BCUT2D eigenvalue weighted by Gasteiger charge is -2.32. The summed E-state index contributed by atoms with van der Waals surface area (Å²) in [6.45, 7) is 11.3. The van der Waals surface area contributed by atoms with Crippen LogP contribution in [0.4, 0.5) is 0 Å². The van der Waals surface area contributed by atoms with E-state index in [1.165, 1.54) is 13.2 Å². The van der Waals surface area contributed by atoms with Crippen molar-refractivity contribution in [1.29, 1.82) is 0 Å². The van der Waals surface area contributed by atoms with Crippen molar-refractivity contribution in [2.24, 2.45) is 23.2 Å². The van der Waals surface area contributed by atoms with Gasteiger partial charge in [-0.25, -0.2) is 4.79 Å². The molecule has 2 aromatic rings. The molecule has 7 atom stereocenters. The van der Waals surface area contributed by atoms with Gasteiger partial charge in [0.05, 0.1) is 24.2 Å². The molecule has 0 saturated carbocycles. The van der Waals surface area contributed by atoms with E-state index >= 15 is 0 Å². The smallest absolute Gasteiger partial charge is 0.347 e. The van der Waals surface area contributed by atoms with E-state index in [1.807, 2.05) is 71.9 Å². The van der Waals surface area contributed by atoms with Crippen molar-refractivity contribution in [3.63, 3.8) is 0 Å². The van der Waals surface area contributed by atoms with Crippen molar-refractivity contribution < 1.29 is 38.1 Å². The maximum atomic E-state index is 13.7. The molecule has 1 fully saturated rings. The number of nitrogens with one attached hydrogen (secondary N) is 2. The molecule has 0 aliphatic carbocycles. The van der Waals surface area contributed by atoms with Crippen LogP contribution in [0, 0.1) is 23.2 Å². The van der Waals surface area contributed by atoms with Crippen molar-refractivity contribution in [3.05, 3.63) is 76.8 Å². The van der Waals surface area contributed by atoms with Crippen LogP contribution in [0.5, 0.6) is 5.75 Å². The first-order valence-electron chi connectivity index (χ1n) is 16.9. The second-order valence-electron chi connectivity index (χ2n) is 14.4. The summed E-state index contributed by atoms with van der Waals surface area (Å²) in [5, 5.41) is 6.00. The molecule has 0 aromatic heterocycles. The van der Waals surface area contributed by atoms with Crippen LogP contribution < -0.4 is 15.4 Å². The van der Waals surface area contributed by atoms with Crippen molar-refractivity contribution in [1.82, 2.24) is 10.6 Å². The van der Waals surface area contributed by atoms with Gasteiger partial charge in [0.25, 0.3) is 0 Å². The van der Waals surface area contributed by atoms with Gasteiger partial charge in [0.1, 0.15) is 24.0 Å². The third-order valence-corrected chi connectivity index (χ3v) is 9.26. The zero-order valence-electron chi connectivity index (χ0n) is 29.4. The summed E-state index contributed by atoms with van der Waals surface area (Å²) in [6.07, 6.45) is 1.34. The average Bonchev–Trinajstić information content (AvgIpc) is 3.84. The largest absolute Gasteiger partial charge is 0.495 e. The molecule has 2 aliphatic heterocycles. The number of ether oxygens (including phenoxy) is 4. The van der Waals surface area contributed by atoms with Gasteiger partial charge in [-0.05, 0) is 47.1 Å². The number of rotatable bonds is 8. The Balaban J connectivity index is 1.64. The molecule has 49 heavy (non-hydrogen) atoms. The van der Waals surface area contributed by atoms with Crippen molar-refractivity contribution >= 4 is 35.4 Å². The van der Waals surface area contributed by atoms with Crippen LogP contribution in [-0.2, 0) is 39.8 Å². The van der Waals surface area contributed by atoms with E-state index in [4.69, 9.17) is 30.5 Å². The Bertz CT molecular complexity index is 1500. The lowest BCUT2D eigenvalue weighted by Crippen LogP contribution is -2.51. The number of epoxide rings is 1. The number of hydrogen-bond acceptors (Lipinski definition) is 8. The van der Waals surface area contributed by atoms with E-state index in [-0.39, 0.29) is 49.9 Å². The number of esters is 2. The normalized spacial score (nSPS) is 27.0. The molecular formula is C38H49ClN2O8. The quantitative estimate of drug-likeness (QED) is 0.263. The van der Waals surface area contributed by atoms with Gasteiger partial charge in [0.2, 0.25) is 11.8 Å². The molecular weight excluding hydrogens is 648 g/mol. The highest BCUT2D eigenvalue weighted by Gasteiger charge is 2.48. The Morgan fingerprint density at radius 1 is 0.980 bits per heavy atom. The number of carbonyl (C=O) groups excluding carboxylic acids is 4. The van der Waals surface area contributed by atoms with E-state index in [0.717, 1.165) is 5.56 Å². The second kappa shape index (κ2) is 16.7. The zero-order chi connectivity index (χ0) is 35.9. The Morgan fingerprint density at radius 3 is 2.33 bits per heavy atom. The fourth-order valence-electron chi connectivity index (χ4n) is 5.96. The standard InChI is InChI=1S/C38H49ClN2O8/c1-22(2)18-31-37(45)47-29(23(3)33-34(49-33)25-12-9-8-10-13-25)14-11-15-32(42)41-28(20-24-16-17-30(46-7)27(39)19-24)35(43)40-21-26(36(44)48-31)38(4,5)6/h8-13,15-17,19,22-23,26,28-29,31,33-34H,14,18,20-21H2,1-7H3,(H,40,43)(H,41,42)/b15-11+/t23-,26+,28+,29-,31-,33+,34?/m0/s1. The molecule has 2 aromatic carbocycles. The van der Waals surface area contributed by atoms with E-state index in [2.05, 4.69) is 10.6 Å². The molecule has 11 heteroatoms. The molecule has 2 aliphatic rings. The van der Waals surface area contributed by atoms with Gasteiger partial charge in [-0.2, -0.15) is 0 Å². The lowest BCUT2D eigenvalue weighted by atomic mass is 9.80. The molecule has 2 heterocycles. The van der Waals surface area contributed by atoms with Gasteiger partial charge in [-0.1, -0.05) is 95.6 Å². The minimum absolute atomic E-state index is 0.0182. The number of hydrogen-bond donors (Lipinski definition) is 2. The van der Waals surface area contributed by atoms with Crippen LogP contribution in [0.25, 0.3) is 0 Å². The van der Waals surface area contributed by atoms with Gasteiger partial charge in [0, 0.05) is 25.3 Å². The average molecular weight is 697 g/mol. The Morgan fingerprint density at radius 2 is 1.69 bits per heavy atom. The maximum absolute atomic E-state index is 13.7. The Hall–Kier alpha value is -3.89. The van der Waals surface area contributed by atoms with Gasteiger partial charge < -0.3 is 29.6 Å². The van der Waals surface area contributed by atoms with E-state index in [9.17, 15) is 19.2 Å². The Kier molecular flexibility index (Phi) is 12.9. The predicted molar refractivity (Wildman–Crippen MR) is 186 cm³/mol. The fourth-order valence-corrected chi connectivity index (χ4v) is 6.24. The zero-order valence-corrected chi connectivity index (χ0v) is 30.1. The number of cyclic esters (lactones) is 2. The van der Waals surface area contributed by atoms with Crippen molar-refractivity contribution in [2.75, 3.05) is 13.7 Å². The number of benzene rings is 2. The summed E-state index contributed by atoms with van der Waals surface area (Å²) in [7, 11) is 1.51. The van der Waals surface area contributed by atoms with Crippen molar-refractivity contribution in [2.45, 2.75) is 91.3 Å². The molecule has 0 spiro atoms. The first-order chi connectivity index (χ1) is 23.2. The third-order valence-electron chi connectivity index (χ3n) is 8.97. The van der Waals surface area contributed by atoms with Crippen LogP contribution in [0.1, 0.15) is 71.6 Å². The van der Waals surface area contributed by atoms with Gasteiger partial charge >= 0.3 is 11.9 Å². The first-order valence-corrected chi connectivity index (χ1v) is 17.2.